The van der Waals surface area contributed by atoms with Gasteiger partial charge in [-0.25, -0.2) is 4.79 Å². The Labute approximate surface area is 112 Å². The Morgan fingerprint density at radius 3 is 2.79 bits per heavy atom. The first-order chi connectivity index (χ1) is 9.04. The summed E-state index contributed by atoms with van der Waals surface area (Å²) in [5.74, 6) is -0.621. The number of carboxylic acids is 1. The summed E-state index contributed by atoms with van der Waals surface area (Å²) in [5.41, 5.74) is 0.742. The van der Waals surface area contributed by atoms with Crippen LogP contribution in [0.1, 0.15) is 42.3 Å². The van der Waals surface area contributed by atoms with Gasteiger partial charge >= 0.3 is 5.97 Å². The molecule has 1 fully saturated rings. The molecule has 1 aromatic rings. The van der Waals surface area contributed by atoms with Gasteiger partial charge in [0, 0.05) is 12.1 Å². The lowest BCUT2D eigenvalue weighted by Crippen LogP contribution is -2.50. The van der Waals surface area contributed by atoms with Crippen LogP contribution < -0.4 is 0 Å². The lowest BCUT2D eigenvalue weighted by Gasteiger charge is -2.36. The third-order valence-corrected chi connectivity index (χ3v) is 3.89. The van der Waals surface area contributed by atoms with Crippen molar-refractivity contribution in [2.75, 3.05) is 6.54 Å². The topological polar surface area (TPSA) is 70.8 Å². The highest BCUT2D eigenvalue weighted by Crippen LogP contribution is 2.27. The van der Waals surface area contributed by atoms with Crippen LogP contribution in [0.15, 0.2) is 16.7 Å². The van der Waals surface area contributed by atoms with E-state index in [9.17, 15) is 14.7 Å². The zero-order valence-corrected chi connectivity index (χ0v) is 11.3. The fourth-order valence-electron chi connectivity index (χ4n) is 2.61. The Morgan fingerprint density at radius 2 is 2.26 bits per heavy atom. The predicted octanol–water partition coefficient (Wildman–Crippen LogP) is 2.30. The van der Waals surface area contributed by atoms with Crippen molar-refractivity contribution in [3.63, 3.8) is 0 Å². The average molecular weight is 265 g/mol. The number of likely N-dealkylation sites (tertiary alicyclic amines) is 1. The van der Waals surface area contributed by atoms with Crippen molar-refractivity contribution in [1.82, 2.24) is 4.90 Å². The van der Waals surface area contributed by atoms with Crippen molar-refractivity contribution < 1.29 is 19.1 Å². The maximum atomic E-state index is 12.4. The van der Waals surface area contributed by atoms with Crippen LogP contribution in [0.5, 0.6) is 0 Å². The summed E-state index contributed by atoms with van der Waals surface area (Å²) in [6, 6.07) is 0.970. The van der Waals surface area contributed by atoms with Gasteiger partial charge in [0.25, 0.3) is 5.91 Å². The van der Waals surface area contributed by atoms with Gasteiger partial charge < -0.3 is 14.4 Å². The number of hydrogen-bond donors (Lipinski definition) is 1. The SMILES string of the molecule is CCC1CCN(C(=O)c2occc2C)C(C(=O)O)C1. The minimum Gasteiger partial charge on any atom is -0.480 e. The van der Waals surface area contributed by atoms with Gasteiger partial charge in [-0.1, -0.05) is 13.3 Å². The zero-order valence-electron chi connectivity index (χ0n) is 11.3. The molecule has 0 aliphatic carbocycles. The summed E-state index contributed by atoms with van der Waals surface area (Å²) in [7, 11) is 0. The minimum absolute atomic E-state index is 0.251. The second kappa shape index (κ2) is 5.47. The van der Waals surface area contributed by atoms with Crippen LogP contribution in [-0.2, 0) is 4.79 Å². The van der Waals surface area contributed by atoms with Crippen LogP contribution in [0.3, 0.4) is 0 Å². The highest BCUT2D eigenvalue weighted by Gasteiger charge is 2.37. The highest BCUT2D eigenvalue weighted by atomic mass is 16.4. The molecule has 0 radical (unpaired) electrons. The van der Waals surface area contributed by atoms with Crippen molar-refractivity contribution in [2.24, 2.45) is 5.92 Å². The van der Waals surface area contributed by atoms with E-state index in [1.165, 1.54) is 11.2 Å². The highest BCUT2D eigenvalue weighted by molar-refractivity contribution is 5.95. The summed E-state index contributed by atoms with van der Waals surface area (Å²) < 4.78 is 5.18. The van der Waals surface area contributed by atoms with E-state index in [4.69, 9.17) is 4.42 Å². The van der Waals surface area contributed by atoms with E-state index in [0.717, 1.165) is 18.4 Å². The maximum absolute atomic E-state index is 12.4. The van der Waals surface area contributed by atoms with Crippen LogP contribution in [0.4, 0.5) is 0 Å². The Kier molecular flexibility index (Phi) is 3.93. The van der Waals surface area contributed by atoms with E-state index in [1.807, 2.05) is 0 Å². The molecule has 0 aromatic carbocycles. The van der Waals surface area contributed by atoms with Crippen molar-refractivity contribution in [2.45, 2.75) is 39.2 Å². The number of carbonyl (C=O) groups excluding carboxylic acids is 1. The molecule has 0 spiro atoms. The Hall–Kier alpha value is -1.78. The third kappa shape index (κ3) is 2.64. The van der Waals surface area contributed by atoms with Crippen LogP contribution in [0.25, 0.3) is 0 Å². The largest absolute Gasteiger partial charge is 0.480 e. The molecule has 1 aliphatic heterocycles. The van der Waals surface area contributed by atoms with E-state index < -0.39 is 12.0 Å². The van der Waals surface area contributed by atoms with Gasteiger partial charge in [0.05, 0.1) is 6.26 Å². The van der Waals surface area contributed by atoms with E-state index in [-0.39, 0.29) is 11.7 Å². The van der Waals surface area contributed by atoms with Crippen molar-refractivity contribution in [1.29, 1.82) is 0 Å². The number of aliphatic carboxylic acids is 1. The molecule has 2 rings (SSSR count). The van der Waals surface area contributed by atoms with Crippen LogP contribution in [0.2, 0.25) is 0 Å². The quantitative estimate of drug-likeness (QED) is 0.910. The van der Waals surface area contributed by atoms with E-state index in [0.29, 0.717) is 18.9 Å². The molecular formula is C14H19NO4. The van der Waals surface area contributed by atoms with Crippen LogP contribution in [-0.4, -0.2) is 34.5 Å². The van der Waals surface area contributed by atoms with E-state index in [2.05, 4.69) is 6.92 Å². The van der Waals surface area contributed by atoms with Crippen LogP contribution in [0, 0.1) is 12.8 Å². The smallest absolute Gasteiger partial charge is 0.326 e. The summed E-state index contributed by atoms with van der Waals surface area (Å²) in [5, 5.41) is 9.31. The molecule has 1 aromatic heterocycles. The van der Waals surface area contributed by atoms with Gasteiger partial charge in [-0.15, -0.1) is 0 Å². The van der Waals surface area contributed by atoms with Gasteiger partial charge in [0.15, 0.2) is 5.76 Å². The first-order valence-corrected chi connectivity index (χ1v) is 6.62. The Morgan fingerprint density at radius 1 is 1.53 bits per heavy atom. The van der Waals surface area contributed by atoms with Gasteiger partial charge in [-0.05, 0) is 31.7 Å². The van der Waals surface area contributed by atoms with Crippen molar-refractivity contribution in [3.8, 4) is 0 Å². The molecule has 2 heterocycles. The molecule has 1 amide bonds. The first-order valence-electron chi connectivity index (χ1n) is 6.62. The number of furan rings is 1. The zero-order chi connectivity index (χ0) is 14.0. The van der Waals surface area contributed by atoms with Gasteiger partial charge in [0.2, 0.25) is 0 Å². The number of nitrogens with zero attached hydrogens (tertiary/aromatic N) is 1. The third-order valence-electron chi connectivity index (χ3n) is 3.89. The van der Waals surface area contributed by atoms with Gasteiger partial charge in [0.1, 0.15) is 6.04 Å². The van der Waals surface area contributed by atoms with E-state index in [1.54, 1.807) is 13.0 Å². The normalized spacial score (nSPS) is 23.4. The standard InChI is InChI=1S/C14H19NO4/c1-3-10-4-6-15(11(8-10)14(17)18)13(16)12-9(2)5-7-19-12/h5,7,10-11H,3-4,6,8H2,1-2H3,(H,17,18). The maximum Gasteiger partial charge on any atom is 0.326 e. The summed E-state index contributed by atoms with van der Waals surface area (Å²) in [4.78, 5) is 25.2. The minimum atomic E-state index is -0.935. The lowest BCUT2D eigenvalue weighted by molar-refractivity contribution is -0.144. The fourth-order valence-corrected chi connectivity index (χ4v) is 2.61. The molecule has 1 aliphatic rings. The molecular weight excluding hydrogens is 246 g/mol. The molecule has 5 heteroatoms. The number of carbonyl (C=O) groups is 2. The second-order valence-electron chi connectivity index (χ2n) is 5.08. The number of rotatable bonds is 3. The van der Waals surface area contributed by atoms with Gasteiger partial charge in [-0.3, -0.25) is 4.79 Å². The first kappa shape index (κ1) is 13.6. The van der Waals surface area contributed by atoms with Crippen LogP contribution >= 0.6 is 0 Å². The number of piperidine rings is 1. The molecule has 104 valence electrons. The van der Waals surface area contributed by atoms with Crippen molar-refractivity contribution >= 4 is 11.9 Å². The van der Waals surface area contributed by atoms with E-state index >= 15 is 0 Å². The number of hydrogen-bond acceptors (Lipinski definition) is 3. The summed E-state index contributed by atoms with van der Waals surface area (Å²) in [6.07, 6.45) is 3.78. The lowest BCUT2D eigenvalue weighted by atomic mass is 9.88. The molecule has 5 nitrogen and oxygen atoms in total. The average Bonchev–Trinajstić information content (AvgIpc) is 2.83. The molecule has 1 saturated heterocycles. The molecule has 19 heavy (non-hydrogen) atoms. The molecule has 0 saturated carbocycles. The summed E-state index contributed by atoms with van der Waals surface area (Å²) in [6.45, 7) is 4.32. The molecule has 2 atom stereocenters. The fraction of sp³-hybridized carbons (Fsp3) is 0.571. The molecule has 2 unspecified atom stereocenters. The second-order valence-corrected chi connectivity index (χ2v) is 5.08. The number of aryl methyl sites for hydroxylation is 1. The summed E-state index contributed by atoms with van der Waals surface area (Å²) >= 11 is 0. The molecule has 0 bridgehead atoms. The number of carboxylic acid groups (broad SMARTS) is 1. The Bertz CT molecular complexity index is 480. The van der Waals surface area contributed by atoms with Gasteiger partial charge in [-0.2, -0.15) is 0 Å². The monoisotopic (exact) mass is 265 g/mol. The number of amides is 1. The predicted molar refractivity (Wildman–Crippen MR) is 68.9 cm³/mol. The van der Waals surface area contributed by atoms with Crippen molar-refractivity contribution in [3.05, 3.63) is 23.7 Å². The molecule has 1 N–H and O–H groups in total. The Balaban J connectivity index is 2.20.